The summed E-state index contributed by atoms with van der Waals surface area (Å²) in [6.45, 7) is 0.504. The van der Waals surface area contributed by atoms with Gasteiger partial charge in [-0.2, -0.15) is 0 Å². The van der Waals surface area contributed by atoms with Gasteiger partial charge in [0.25, 0.3) is 11.1 Å². The summed E-state index contributed by atoms with van der Waals surface area (Å²) in [7, 11) is 0. The maximum Gasteiger partial charge on any atom is 0.287 e. The number of carbonyl (C=O) groups excluding carboxylic acids is 1. The maximum absolute atomic E-state index is 12.2. The molecule has 3 heterocycles. The van der Waals surface area contributed by atoms with Crippen molar-refractivity contribution in [2.75, 3.05) is 6.54 Å². The first-order valence-electron chi connectivity index (χ1n) is 8.53. The van der Waals surface area contributed by atoms with E-state index in [0.717, 1.165) is 16.8 Å². The number of nitrogens with one attached hydrogen (secondary N) is 1. The molecule has 0 atom stereocenters. The number of pyridine rings is 1. The van der Waals surface area contributed by atoms with Crippen LogP contribution in [0.25, 0.3) is 11.1 Å². The number of rotatable bonds is 7. The molecule has 1 N–H and O–H groups in total. The molecule has 0 fully saturated rings. The van der Waals surface area contributed by atoms with Gasteiger partial charge < -0.3 is 14.2 Å². The van der Waals surface area contributed by atoms with E-state index in [1.165, 1.54) is 11.8 Å². The lowest BCUT2D eigenvalue weighted by molar-refractivity contribution is 0.0925. The van der Waals surface area contributed by atoms with Gasteiger partial charge in [0.05, 0.1) is 5.75 Å². The van der Waals surface area contributed by atoms with Crippen LogP contribution in [0.4, 0.5) is 0 Å². The molecular weight excluding hydrogens is 362 g/mol. The molecule has 0 aliphatic heterocycles. The zero-order valence-corrected chi connectivity index (χ0v) is 15.2. The molecule has 136 valence electrons. The van der Waals surface area contributed by atoms with Crippen molar-refractivity contribution in [2.45, 2.75) is 17.4 Å². The Morgan fingerprint density at radius 3 is 2.78 bits per heavy atom. The maximum atomic E-state index is 12.2. The third-order valence-electron chi connectivity index (χ3n) is 3.89. The summed E-state index contributed by atoms with van der Waals surface area (Å²) in [4.78, 5) is 20.8. The number of hydrogen-bond donors (Lipinski definition) is 1. The predicted molar refractivity (Wildman–Crippen MR) is 103 cm³/mol. The van der Waals surface area contributed by atoms with Gasteiger partial charge in [-0.3, -0.25) is 9.78 Å². The zero-order valence-electron chi connectivity index (χ0n) is 14.4. The fourth-order valence-electron chi connectivity index (χ4n) is 2.56. The average Bonchev–Trinajstić information content (AvgIpc) is 3.34. The standard InChI is InChI=1S/C20H17N3O3S/c24-19(22-12-10-14-5-3-4-11-21-14)18-9-8-15(25-18)13-27-20-23-16-6-1-2-7-17(16)26-20/h1-9,11H,10,12-13H2,(H,22,24). The van der Waals surface area contributed by atoms with E-state index in [9.17, 15) is 4.79 Å². The molecule has 0 unspecified atom stereocenters. The number of thioether (sulfide) groups is 1. The van der Waals surface area contributed by atoms with Crippen LogP contribution in [0.3, 0.4) is 0 Å². The van der Waals surface area contributed by atoms with Crippen molar-refractivity contribution in [3.63, 3.8) is 0 Å². The molecule has 1 amide bonds. The van der Waals surface area contributed by atoms with E-state index in [4.69, 9.17) is 8.83 Å². The number of oxazole rings is 1. The summed E-state index contributed by atoms with van der Waals surface area (Å²) in [6, 6.07) is 16.8. The third kappa shape index (κ3) is 4.38. The van der Waals surface area contributed by atoms with Crippen molar-refractivity contribution >= 4 is 28.8 Å². The second kappa shape index (κ2) is 8.09. The number of aromatic nitrogens is 2. The largest absolute Gasteiger partial charge is 0.455 e. The van der Waals surface area contributed by atoms with E-state index in [2.05, 4.69) is 15.3 Å². The molecule has 3 aromatic heterocycles. The molecule has 7 heteroatoms. The molecule has 0 saturated heterocycles. The summed E-state index contributed by atoms with van der Waals surface area (Å²) in [6.07, 6.45) is 2.41. The van der Waals surface area contributed by atoms with Crippen LogP contribution in [0.1, 0.15) is 22.0 Å². The lowest BCUT2D eigenvalue weighted by Crippen LogP contribution is -2.25. The highest BCUT2D eigenvalue weighted by Gasteiger charge is 2.12. The van der Waals surface area contributed by atoms with Crippen LogP contribution in [0.15, 0.2) is 74.9 Å². The number of nitrogens with zero attached hydrogens (tertiary/aromatic N) is 2. The number of furan rings is 1. The second-order valence-corrected chi connectivity index (χ2v) is 6.76. The normalized spacial score (nSPS) is 11.0. The van der Waals surface area contributed by atoms with Crippen LogP contribution >= 0.6 is 11.8 Å². The Morgan fingerprint density at radius 2 is 1.93 bits per heavy atom. The van der Waals surface area contributed by atoms with Gasteiger partial charge in [0.1, 0.15) is 11.3 Å². The van der Waals surface area contributed by atoms with E-state index in [1.807, 2.05) is 42.5 Å². The van der Waals surface area contributed by atoms with Gasteiger partial charge in [-0.25, -0.2) is 4.98 Å². The highest BCUT2D eigenvalue weighted by atomic mass is 32.2. The van der Waals surface area contributed by atoms with Crippen LogP contribution in [0, 0.1) is 0 Å². The first kappa shape index (κ1) is 17.4. The fraction of sp³-hybridized carbons (Fsp3) is 0.150. The summed E-state index contributed by atoms with van der Waals surface area (Å²) in [5.74, 6) is 1.29. The van der Waals surface area contributed by atoms with Gasteiger partial charge in [-0.05, 0) is 36.4 Å². The number of benzene rings is 1. The molecule has 0 aliphatic carbocycles. The Hall–Kier alpha value is -3.06. The number of hydrogen-bond acceptors (Lipinski definition) is 6. The lowest BCUT2D eigenvalue weighted by Gasteiger charge is -2.02. The summed E-state index contributed by atoms with van der Waals surface area (Å²) < 4.78 is 11.3. The van der Waals surface area contributed by atoms with Crippen molar-refractivity contribution in [1.29, 1.82) is 0 Å². The van der Waals surface area contributed by atoms with Gasteiger partial charge in [0.2, 0.25) is 0 Å². The number of fused-ring (bicyclic) bond motifs is 1. The molecule has 0 bridgehead atoms. The Kier molecular flexibility index (Phi) is 5.20. The van der Waals surface area contributed by atoms with E-state index in [-0.39, 0.29) is 5.91 Å². The van der Waals surface area contributed by atoms with Crippen LogP contribution < -0.4 is 5.32 Å². The van der Waals surface area contributed by atoms with E-state index >= 15 is 0 Å². The molecular formula is C20H17N3O3S. The lowest BCUT2D eigenvalue weighted by atomic mass is 10.2. The van der Waals surface area contributed by atoms with Gasteiger partial charge in [0, 0.05) is 24.9 Å². The van der Waals surface area contributed by atoms with Gasteiger partial charge in [-0.15, -0.1) is 0 Å². The van der Waals surface area contributed by atoms with Crippen molar-refractivity contribution in [3.8, 4) is 0 Å². The Balaban J connectivity index is 1.29. The van der Waals surface area contributed by atoms with Crippen LogP contribution in [-0.2, 0) is 12.2 Å². The number of carbonyl (C=O) groups is 1. The number of para-hydroxylation sites is 2. The summed E-state index contributed by atoms with van der Waals surface area (Å²) in [5, 5.41) is 3.42. The Morgan fingerprint density at radius 1 is 1.04 bits per heavy atom. The van der Waals surface area contributed by atoms with Gasteiger partial charge >= 0.3 is 0 Å². The van der Waals surface area contributed by atoms with Gasteiger partial charge in [-0.1, -0.05) is 30.0 Å². The van der Waals surface area contributed by atoms with Crippen molar-refractivity contribution in [3.05, 3.63) is 78.0 Å². The monoisotopic (exact) mass is 379 g/mol. The van der Waals surface area contributed by atoms with E-state index in [1.54, 1.807) is 18.3 Å². The minimum atomic E-state index is -0.232. The molecule has 0 saturated carbocycles. The Bertz CT molecular complexity index is 1010. The third-order valence-corrected chi connectivity index (χ3v) is 4.74. The molecule has 1 aromatic carbocycles. The minimum Gasteiger partial charge on any atom is -0.455 e. The molecule has 6 nitrogen and oxygen atoms in total. The SMILES string of the molecule is O=C(NCCc1ccccn1)c1ccc(CSc2nc3ccccc3o2)o1. The smallest absolute Gasteiger partial charge is 0.287 e. The highest BCUT2D eigenvalue weighted by Crippen LogP contribution is 2.26. The van der Waals surface area contributed by atoms with Crippen molar-refractivity contribution in [2.24, 2.45) is 0 Å². The average molecular weight is 379 g/mol. The van der Waals surface area contributed by atoms with Crippen LogP contribution in [-0.4, -0.2) is 22.4 Å². The minimum absolute atomic E-state index is 0.232. The van der Waals surface area contributed by atoms with Crippen molar-refractivity contribution < 1.29 is 13.6 Å². The first-order valence-corrected chi connectivity index (χ1v) is 9.52. The Labute approximate surface area is 160 Å². The molecule has 0 spiro atoms. The molecule has 27 heavy (non-hydrogen) atoms. The molecule has 0 aliphatic rings. The second-order valence-electron chi connectivity index (χ2n) is 5.83. The highest BCUT2D eigenvalue weighted by molar-refractivity contribution is 7.98. The number of amides is 1. The van der Waals surface area contributed by atoms with E-state index in [0.29, 0.717) is 35.5 Å². The van der Waals surface area contributed by atoms with Gasteiger partial charge in [0.15, 0.2) is 11.3 Å². The summed E-state index contributed by atoms with van der Waals surface area (Å²) >= 11 is 1.43. The van der Waals surface area contributed by atoms with E-state index < -0.39 is 0 Å². The summed E-state index contributed by atoms with van der Waals surface area (Å²) in [5.41, 5.74) is 2.52. The van der Waals surface area contributed by atoms with Crippen LogP contribution in [0.2, 0.25) is 0 Å². The topological polar surface area (TPSA) is 81.2 Å². The molecule has 4 aromatic rings. The van der Waals surface area contributed by atoms with Crippen LogP contribution in [0.5, 0.6) is 0 Å². The first-order chi connectivity index (χ1) is 13.3. The molecule has 4 rings (SSSR count). The fourth-order valence-corrected chi connectivity index (χ4v) is 3.29. The quantitative estimate of drug-likeness (QED) is 0.487. The van der Waals surface area contributed by atoms with Crippen molar-refractivity contribution in [1.82, 2.24) is 15.3 Å². The zero-order chi connectivity index (χ0) is 18.5. The molecule has 0 radical (unpaired) electrons. The predicted octanol–water partition coefficient (Wildman–Crippen LogP) is 4.08.